The Hall–Kier alpha value is -1.52. The third-order valence-electron chi connectivity index (χ3n) is 1.42. The Balaban J connectivity index is 2.92. The fourth-order valence-corrected chi connectivity index (χ4v) is 0.794. The van der Waals surface area contributed by atoms with Crippen LogP contribution in [-0.4, -0.2) is 11.6 Å². The number of nitrogens with zero attached hydrogens (tertiary/aromatic N) is 1. The molecule has 0 unspecified atom stereocenters. The summed E-state index contributed by atoms with van der Waals surface area (Å²) >= 11 is 0. The van der Waals surface area contributed by atoms with Crippen molar-refractivity contribution in [2.24, 2.45) is 0 Å². The summed E-state index contributed by atoms with van der Waals surface area (Å²) < 4.78 is 42.6. The van der Waals surface area contributed by atoms with E-state index in [0.29, 0.717) is 12.7 Å². The van der Waals surface area contributed by atoms with E-state index in [1.165, 1.54) is 12.3 Å². The zero-order chi connectivity index (χ0) is 10.6. The minimum absolute atomic E-state index is 0.155. The van der Waals surface area contributed by atoms with E-state index in [0.717, 1.165) is 0 Å². The molecule has 1 heterocycles. The largest absolute Gasteiger partial charge is 0.501 e. The van der Waals surface area contributed by atoms with Crippen molar-refractivity contribution in [2.45, 2.75) is 6.92 Å². The first kappa shape index (κ1) is 10.6. The quantitative estimate of drug-likeness (QED) is 0.556. The monoisotopic (exact) mass is 203 g/mol. The number of pyridine rings is 1. The Morgan fingerprint density at radius 3 is 2.71 bits per heavy atom. The lowest BCUT2D eigenvalue weighted by atomic mass is 10.2. The second-order valence-corrected chi connectivity index (χ2v) is 2.40. The molecule has 0 saturated carbocycles. The van der Waals surface area contributed by atoms with E-state index in [1.54, 1.807) is 6.92 Å². The smallest absolute Gasteiger partial charge is 0.251 e. The van der Waals surface area contributed by atoms with Gasteiger partial charge in [0.15, 0.2) is 5.82 Å². The molecule has 0 spiro atoms. The molecule has 0 bridgehead atoms. The molecule has 0 N–H and O–H groups in total. The number of halogens is 3. The molecular formula is C9H8F3NO. The van der Waals surface area contributed by atoms with Gasteiger partial charge in [0.25, 0.3) is 5.95 Å². The Bertz CT molecular complexity index is 352. The van der Waals surface area contributed by atoms with Crippen LogP contribution in [0, 0.1) is 17.7 Å². The van der Waals surface area contributed by atoms with Crippen molar-refractivity contribution in [2.75, 3.05) is 6.61 Å². The predicted molar refractivity (Wildman–Crippen MR) is 44.8 cm³/mol. The normalized spacial score (nSPS) is 10.9. The van der Waals surface area contributed by atoms with Gasteiger partial charge in [-0.05, 0) is 19.1 Å². The van der Waals surface area contributed by atoms with Crippen molar-refractivity contribution in [3.05, 3.63) is 35.6 Å². The molecule has 0 aliphatic heterocycles. The number of rotatable bonds is 3. The summed E-state index contributed by atoms with van der Waals surface area (Å²) in [5.74, 6) is -3.71. The van der Waals surface area contributed by atoms with Gasteiger partial charge in [0.05, 0.1) is 12.9 Å². The molecule has 14 heavy (non-hydrogen) atoms. The van der Waals surface area contributed by atoms with E-state index >= 15 is 0 Å². The Kier molecular flexibility index (Phi) is 3.50. The lowest BCUT2D eigenvalue weighted by Crippen LogP contribution is -1.96. The Labute approximate surface area is 79.0 Å². The van der Waals surface area contributed by atoms with Gasteiger partial charge in [0, 0.05) is 5.56 Å². The highest BCUT2D eigenvalue weighted by Crippen LogP contribution is 2.11. The lowest BCUT2D eigenvalue weighted by molar-refractivity contribution is 0.272. The lowest BCUT2D eigenvalue weighted by Gasteiger charge is -1.97. The molecule has 0 aliphatic carbocycles. The van der Waals surface area contributed by atoms with Gasteiger partial charge in [-0.1, -0.05) is 0 Å². The highest BCUT2D eigenvalue weighted by atomic mass is 19.2. The molecule has 5 heteroatoms. The second-order valence-electron chi connectivity index (χ2n) is 2.40. The average molecular weight is 203 g/mol. The molecule has 1 aromatic heterocycles. The van der Waals surface area contributed by atoms with Crippen molar-refractivity contribution in [3.63, 3.8) is 0 Å². The molecule has 76 valence electrons. The molecule has 0 saturated heterocycles. The van der Waals surface area contributed by atoms with Crippen LogP contribution in [0.4, 0.5) is 13.2 Å². The average Bonchev–Trinajstić information content (AvgIpc) is 2.14. The molecule has 2 nitrogen and oxygen atoms in total. The van der Waals surface area contributed by atoms with Gasteiger partial charge in [0.1, 0.15) is 0 Å². The number of aromatic nitrogens is 1. The highest BCUT2D eigenvalue weighted by molar-refractivity contribution is 5.47. The van der Waals surface area contributed by atoms with Crippen LogP contribution in [-0.2, 0) is 4.74 Å². The molecule has 1 rings (SSSR count). The van der Waals surface area contributed by atoms with Crippen molar-refractivity contribution in [3.8, 4) is 0 Å². The molecule has 0 radical (unpaired) electrons. The summed E-state index contributed by atoms with van der Waals surface area (Å²) in [6, 6.07) is 0.715. The van der Waals surface area contributed by atoms with Gasteiger partial charge in [0.2, 0.25) is 5.95 Å². The molecule has 1 aromatic rings. The maximum Gasteiger partial charge on any atom is 0.251 e. The molecule has 0 fully saturated rings. The third kappa shape index (κ3) is 2.48. The van der Waals surface area contributed by atoms with E-state index < -0.39 is 17.7 Å². The van der Waals surface area contributed by atoms with E-state index in [2.05, 4.69) is 4.98 Å². The van der Waals surface area contributed by atoms with Gasteiger partial charge in [-0.2, -0.15) is 13.8 Å². The summed E-state index contributed by atoms with van der Waals surface area (Å²) in [5.41, 5.74) is -0.155. The Morgan fingerprint density at radius 2 is 2.07 bits per heavy atom. The summed E-state index contributed by atoms with van der Waals surface area (Å²) in [6.07, 6.45) is 2.37. The second kappa shape index (κ2) is 4.64. The minimum atomic E-state index is -1.45. The van der Waals surface area contributed by atoms with Crippen LogP contribution >= 0.6 is 0 Å². The number of hydrogen-bond donors (Lipinski definition) is 0. The SMILES string of the molecule is CCOC=Cc1cc(F)c(F)nc1F. The van der Waals surface area contributed by atoms with Crippen LogP contribution in [0.1, 0.15) is 12.5 Å². The number of hydrogen-bond acceptors (Lipinski definition) is 2. The fourth-order valence-electron chi connectivity index (χ4n) is 0.794. The van der Waals surface area contributed by atoms with E-state index in [4.69, 9.17) is 4.74 Å². The fraction of sp³-hybridized carbons (Fsp3) is 0.222. The van der Waals surface area contributed by atoms with E-state index in [-0.39, 0.29) is 5.56 Å². The standard InChI is InChI=1S/C9H8F3NO/c1-2-14-4-3-6-5-7(10)9(12)13-8(6)11/h3-5H,2H2,1H3. The zero-order valence-electron chi connectivity index (χ0n) is 7.43. The topological polar surface area (TPSA) is 22.1 Å². The number of ether oxygens (including phenoxy) is 1. The van der Waals surface area contributed by atoms with Crippen LogP contribution in [0.2, 0.25) is 0 Å². The van der Waals surface area contributed by atoms with Crippen molar-refractivity contribution in [1.29, 1.82) is 0 Å². The van der Waals surface area contributed by atoms with Gasteiger partial charge < -0.3 is 4.74 Å². The summed E-state index contributed by atoms with van der Waals surface area (Å²) in [6.45, 7) is 2.15. The van der Waals surface area contributed by atoms with Crippen molar-refractivity contribution in [1.82, 2.24) is 4.98 Å². The summed E-state index contributed by atoms with van der Waals surface area (Å²) in [7, 11) is 0. The van der Waals surface area contributed by atoms with Crippen LogP contribution in [0.3, 0.4) is 0 Å². The van der Waals surface area contributed by atoms with Gasteiger partial charge >= 0.3 is 0 Å². The summed E-state index contributed by atoms with van der Waals surface area (Å²) in [5, 5.41) is 0. The van der Waals surface area contributed by atoms with Crippen LogP contribution in [0.25, 0.3) is 6.08 Å². The van der Waals surface area contributed by atoms with Crippen molar-refractivity contribution < 1.29 is 17.9 Å². The highest BCUT2D eigenvalue weighted by Gasteiger charge is 2.08. The maximum atomic E-state index is 12.8. The molecular weight excluding hydrogens is 195 g/mol. The zero-order valence-corrected chi connectivity index (χ0v) is 7.43. The van der Waals surface area contributed by atoms with Gasteiger partial charge in [-0.25, -0.2) is 4.39 Å². The first-order valence-electron chi connectivity index (χ1n) is 3.95. The van der Waals surface area contributed by atoms with Gasteiger partial charge in [-0.15, -0.1) is 0 Å². The maximum absolute atomic E-state index is 12.8. The first-order valence-corrected chi connectivity index (χ1v) is 3.95. The van der Waals surface area contributed by atoms with Crippen LogP contribution < -0.4 is 0 Å². The van der Waals surface area contributed by atoms with E-state index in [1.807, 2.05) is 0 Å². The van der Waals surface area contributed by atoms with Crippen LogP contribution in [0.15, 0.2) is 12.3 Å². The van der Waals surface area contributed by atoms with Crippen LogP contribution in [0.5, 0.6) is 0 Å². The first-order chi connectivity index (χ1) is 6.65. The predicted octanol–water partition coefficient (Wildman–Crippen LogP) is 2.51. The summed E-state index contributed by atoms with van der Waals surface area (Å²) in [4.78, 5) is 2.74. The van der Waals surface area contributed by atoms with E-state index in [9.17, 15) is 13.2 Å². The van der Waals surface area contributed by atoms with Crippen molar-refractivity contribution >= 4 is 6.08 Å². The minimum Gasteiger partial charge on any atom is -0.501 e. The van der Waals surface area contributed by atoms with Gasteiger partial charge in [-0.3, -0.25) is 0 Å². The molecule has 0 amide bonds. The third-order valence-corrected chi connectivity index (χ3v) is 1.42. The molecule has 0 aromatic carbocycles. The molecule has 0 aliphatic rings. The Morgan fingerprint density at radius 1 is 1.36 bits per heavy atom. The molecule has 0 atom stereocenters.